The number of hydrogen-bond donors (Lipinski definition) is 1. The van der Waals surface area contributed by atoms with Crippen LogP contribution in [0.25, 0.3) is 0 Å². The Morgan fingerprint density at radius 1 is 1.17 bits per heavy atom. The topological polar surface area (TPSA) is 38.3 Å². The summed E-state index contributed by atoms with van der Waals surface area (Å²) in [6, 6.07) is 16.2. The van der Waals surface area contributed by atoms with Crippen molar-refractivity contribution in [1.29, 1.82) is 0 Å². The molecular formula is C20H23NO2. The summed E-state index contributed by atoms with van der Waals surface area (Å²) in [6.07, 6.45) is 2.68. The second-order valence-electron chi connectivity index (χ2n) is 6.18. The van der Waals surface area contributed by atoms with Crippen LogP contribution in [0.4, 0.5) is 0 Å². The van der Waals surface area contributed by atoms with Gasteiger partial charge in [-0.1, -0.05) is 42.5 Å². The number of amides is 1. The van der Waals surface area contributed by atoms with Crippen LogP contribution in [0.3, 0.4) is 0 Å². The minimum absolute atomic E-state index is 0.0602. The molecule has 0 saturated carbocycles. The number of carbonyl (C=O) groups excluding carboxylic acids is 1. The normalized spacial score (nSPS) is 17.9. The first-order valence-electron chi connectivity index (χ1n) is 8.25. The zero-order valence-electron chi connectivity index (χ0n) is 13.7. The van der Waals surface area contributed by atoms with E-state index in [-0.39, 0.29) is 11.9 Å². The summed E-state index contributed by atoms with van der Waals surface area (Å²) in [5, 5.41) is 3.15. The van der Waals surface area contributed by atoms with Gasteiger partial charge in [0.1, 0.15) is 5.75 Å². The minimum atomic E-state index is -0.509. The molecule has 2 atom stereocenters. The maximum atomic E-state index is 12.5. The molecule has 2 aromatic carbocycles. The molecule has 0 bridgehead atoms. The molecule has 0 spiro atoms. The minimum Gasteiger partial charge on any atom is -0.481 e. The third-order valence-electron chi connectivity index (χ3n) is 4.45. The zero-order valence-corrected chi connectivity index (χ0v) is 13.7. The van der Waals surface area contributed by atoms with E-state index in [1.165, 1.54) is 11.1 Å². The van der Waals surface area contributed by atoms with E-state index in [9.17, 15) is 4.79 Å². The van der Waals surface area contributed by atoms with Crippen molar-refractivity contribution in [2.24, 2.45) is 0 Å². The van der Waals surface area contributed by atoms with E-state index in [1.807, 2.05) is 37.3 Å². The monoisotopic (exact) mass is 309 g/mol. The number of rotatable bonds is 4. The lowest BCUT2D eigenvalue weighted by molar-refractivity contribution is -0.128. The van der Waals surface area contributed by atoms with Gasteiger partial charge in [-0.15, -0.1) is 0 Å². The van der Waals surface area contributed by atoms with Crippen LogP contribution in [0.1, 0.15) is 42.5 Å². The number of para-hydroxylation sites is 1. The summed E-state index contributed by atoms with van der Waals surface area (Å²) in [6.45, 7) is 3.79. The number of benzene rings is 2. The third-order valence-corrected chi connectivity index (χ3v) is 4.45. The van der Waals surface area contributed by atoms with E-state index < -0.39 is 6.10 Å². The lowest BCUT2D eigenvalue weighted by Crippen LogP contribution is -2.39. The second kappa shape index (κ2) is 6.86. The van der Waals surface area contributed by atoms with Crippen molar-refractivity contribution >= 4 is 5.91 Å². The molecule has 0 aliphatic heterocycles. The molecule has 1 amide bonds. The Morgan fingerprint density at radius 2 is 1.91 bits per heavy atom. The highest BCUT2D eigenvalue weighted by Gasteiger charge is 2.24. The van der Waals surface area contributed by atoms with Crippen molar-refractivity contribution in [2.75, 3.05) is 0 Å². The van der Waals surface area contributed by atoms with Gasteiger partial charge in [0, 0.05) is 0 Å². The van der Waals surface area contributed by atoms with E-state index in [0.717, 1.165) is 30.6 Å². The molecule has 3 nitrogen and oxygen atoms in total. The Balaban J connectivity index is 1.67. The van der Waals surface area contributed by atoms with Gasteiger partial charge in [-0.2, -0.15) is 0 Å². The van der Waals surface area contributed by atoms with E-state index in [1.54, 1.807) is 6.92 Å². The van der Waals surface area contributed by atoms with Crippen molar-refractivity contribution < 1.29 is 9.53 Å². The molecule has 0 heterocycles. The summed E-state index contributed by atoms with van der Waals surface area (Å²) in [7, 11) is 0. The molecular weight excluding hydrogens is 286 g/mol. The Labute approximate surface area is 137 Å². The average Bonchev–Trinajstić information content (AvgIpc) is 2.57. The Morgan fingerprint density at radius 3 is 2.74 bits per heavy atom. The van der Waals surface area contributed by atoms with Crippen LogP contribution in [0, 0.1) is 6.92 Å². The van der Waals surface area contributed by atoms with E-state index in [4.69, 9.17) is 4.74 Å². The molecule has 23 heavy (non-hydrogen) atoms. The van der Waals surface area contributed by atoms with Gasteiger partial charge in [-0.25, -0.2) is 0 Å². The van der Waals surface area contributed by atoms with Gasteiger partial charge < -0.3 is 10.1 Å². The summed E-state index contributed by atoms with van der Waals surface area (Å²) in [5.41, 5.74) is 3.63. The summed E-state index contributed by atoms with van der Waals surface area (Å²) in [5.74, 6) is 0.703. The molecule has 120 valence electrons. The van der Waals surface area contributed by atoms with Crippen LogP contribution in [-0.2, 0) is 11.2 Å². The zero-order chi connectivity index (χ0) is 16.2. The SMILES string of the molecule is Cc1ccccc1O[C@H](C)C(=O)N[C@@H]1CCCc2ccccc21. The Hall–Kier alpha value is -2.29. The summed E-state index contributed by atoms with van der Waals surface area (Å²) < 4.78 is 5.82. The highest BCUT2D eigenvalue weighted by Crippen LogP contribution is 2.29. The van der Waals surface area contributed by atoms with Gasteiger partial charge in [0.15, 0.2) is 6.10 Å². The van der Waals surface area contributed by atoms with Crippen molar-refractivity contribution in [3.05, 3.63) is 65.2 Å². The quantitative estimate of drug-likeness (QED) is 0.928. The molecule has 0 aromatic heterocycles. The van der Waals surface area contributed by atoms with Crippen LogP contribution in [-0.4, -0.2) is 12.0 Å². The van der Waals surface area contributed by atoms with Crippen molar-refractivity contribution in [1.82, 2.24) is 5.32 Å². The van der Waals surface area contributed by atoms with Gasteiger partial charge in [-0.05, 0) is 55.9 Å². The number of nitrogens with one attached hydrogen (secondary N) is 1. The number of hydrogen-bond acceptors (Lipinski definition) is 2. The van der Waals surface area contributed by atoms with E-state index in [0.29, 0.717) is 0 Å². The van der Waals surface area contributed by atoms with Crippen molar-refractivity contribution in [3.63, 3.8) is 0 Å². The van der Waals surface area contributed by atoms with Crippen LogP contribution in [0.15, 0.2) is 48.5 Å². The first-order valence-corrected chi connectivity index (χ1v) is 8.25. The predicted octanol–water partition coefficient (Wildman–Crippen LogP) is 3.96. The number of carbonyl (C=O) groups is 1. The maximum Gasteiger partial charge on any atom is 0.261 e. The molecule has 0 saturated heterocycles. The average molecular weight is 309 g/mol. The van der Waals surface area contributed by atoms with Gasteiger partial charge in [0.2, 0.25) is 0 Å². The molecule has 1 N–H and O–H groups in total. The molecule has 2 aromatic rings. The fourth-order valence-electron chi connectivity index (χ4n) is 3.13. The largest absolute Gasteiger partial charge is 0.481 e. The number of fused-ring (bicyclic) bond motifs is 1. The van der Waals surface area contributed by atoms with Crippen molar-refractivity contribution in [2.45, 2.75) is 45.3 Å². The van der Waals surface area contributed by atoms with Crippen LogP contribution in [0.2, 0.25) is 0 Å². The fourth-order valence-corrected chi connectivity index (χ4v) is 3.13. The Bertz CT molecular complexity index is 696. The third kappa shape index (κ3) is 3.55. The summed E-state index contributed by atoms with van der Waals surface area (Å²) >= 11 is 0. The maximum absolute atomic E-state index is 12.5. The van der Waals surface area contributed by atoms with E-state index >= 15 is 0 Å². The van der Waals surface area contributed by atoms with Gasteiger partial charge in [-0.3, -0.25) is 4.79 Å². The molecule has 0 fully saturated rings. The highest BCUT2D eigenvalue weighted by atomic mass is 16.5. The van der Waals surface area contributed by atoms with E-state index in [2.05, 4.69) is 23.5 Å². The highest BCUT2D eigenvalue weighted by molar-refractivity contribution is 5.81. The molecule has 3 heteroatoms. The van der Waals surface area contributed by atoms with Gasteiger partial charge >= 0.3 is 0 Å². The lowest BCUT2D eigenvalue weighted by Gasteiger charge is -2.27. The van der Waals surface area contributed by atoms with Crippen LogP contribution >= 0.6 is 0 Å². The second-order valence-corrected chi connectivity index (χ2v) is 6.18. The van der Waals surface area contributed by atoms with Gasteiger partial charge in [0.05, 0.1) is 6.04 Å². The van der Waals surface area contributed by atoms with Crippen LogP contribution < -0.4 is 10.1 Å². The predicted molar refractivity (Wildman–Crippen MR) is 91.5 cm³/mol. The molecule has 0 unspecified atom stereocenters. The van der Waals surface area contributed by atoms with Crippen molar-refractivity contribution in [3.8, 4) is 5.75 Å². The van der Waals surface area contributed by atoms with Gasteiger partial charge in [0.25, 0.3) is 5.91 Å². The number of ether oxygens (including phenoxy) is 1. The molecule has 0 radical (unpaired) electrons. The number of aryl methyl sites for hydroxylation is 2. The fraction of sp³-hybridized carbons (Fsp3) is 0.350. The lowest BCUT2D eigenvalue weighted by atomic mass is 9.87. The Kier molecular flexibility index (Phi) is 4.65. The molecule has 3 rings (SSSR count). The first kappa shape index (κ1) is 15.6. The smallest absolute Gasteiger partial charge is 0.261 e. The molecule has 1 aliphatic rings. The van der Waals surface area contributed by atoms with Crippen LogP contribution in [0.5, 0.6) is 5.75 Å². The first-order chi connectivity index (χ1) is 11.1. The molecule has 1 aliphatic carbocycles. The standard InChI is InChI=1S/C20H23NO2/c1-14-8-3-6-13-19(14)23-15(2)20(22)21-18-12-7-10-16-9-4-5-11-17(16)18/h3-6,8-9,11,13,15,18H,7,10,12H2,1-2H3,(H,21,22)/t15-,18-/m1/s1. The summed E-state index contributed by atoms with van der Waals surface area (Å²) in [4.78, 5) is 12.5.